The van der Waals surface area contributed by atoms with Crippen LogP contribution in [0.3, 0.4) is 0 Å². The molecule has 0 saturated carbocycles. The predicted octanol–water partition coefficient (Wildman–Crippen LogP) is 0.268. The van der Waals surface area contributed by atoms with Gasteiger partial charge in [-0.25, -0.2) is 0 Å². The molecule has 0 heterocycles. The monoisotopic (exact) mass is 139 g/mol. The van der Waals surface area contributed by atoms with Gasteiger partial charge in [0.05, 0.1) is 13.9 Å². The van der Waals surface area contributed by atoms with Crippen LogP contribution in [0.5, 0.6) is 0 Å². The number of rotatable bonds is 4. The van der Waals surface area contributed by atoms with Gasteiger partial charge >= 0.3 is 0 Å². The van der Waals surface area contributed by atoms with Crippen molar-refractivity contribution in [1.29, 1.82) is 0 Å². The van der Waals surface area contributed by atoms with Crippen LogP contribution in [0.15, 0.2) is 0 Å². The summed E-state index contributed by atoms with van der Waals surface area (Å²) < 4.78 is 0. The lowest BCUT2D eigenvalue weighted by molar-refractivity contribution is -0.112. The Morgan fingerprint density at radius 2 is 2.10 bits per heavy atom. The number of hydrogen-bond donors (Lipinski definition) is 0. The van der Waals surface area contributed by atoms with E-state index >= 15 is 0 Å². The first kappa shape index (κ1) is 9.69. The summed E-state index contributed by atoms with van der Waals surface area (Å²) in [5.74, 6) is 0.339. The Morgan fingerprint density at radius 1 is 1.60 bits per heavy atom. The standard InChI is InChI=1S/C7H14BNO/c1-6(2)7(4-10)9(3)5-8/h4,6-7H,5H2,1-3H3. The second-order valence-electron chi connectivity index (χ2n) is 2.81. The van der Waals surface area contributed by atoms with Crippen molar-refractivity contribution < 1.29 is 4.79 Å². The first-order valence-corrected chi connectivity index (χ1v) is 3.49. The van der Waals surface area contributed by atoms with Gasteiger partial charge < -0.3 is 9.69 Å². The van der Waals surface area contributed by atoms with Gasteiger partial charge in [-0.2, -0.15) is 0 Å². The van der Waals surface area contributed by atoms with Gasteiger partial charge in [0.15, 0.2) is 0 Å². The second kappa shape index (κ2) is 4.50. The van der Waals surface area contributed by atoms with Crippen LogP contribution in [0, 0.1) is 5.92 Å². The fraction of sp³-hybridized carbons (Fsp3) is 0.857. The number of carbonyl (C=O) groups is 1. The van der Waals surface area contributed by atoms with Crippen LogP contribution in [0.1, 0.15) is 13.8 Å². The van der Waals surface area contributed by atoms with Crippen molar-refractivity contribution in [3.63, 3.8) is 0 Å². The summed E-state index contributed by atoms with van der Waals surface area (Å²) in [5.41, 5.74) is 0. The van der Waals surface area contributed by atoms with E-state index < -0.39 is 0 Å². The van der Waals surface area contributed by atoms with Crippen LogP contribution >= 0.6 is 0 Å². The molecule has 0 amide bonds. The largest absolute Gasteiger partial charge is 0.306 e. The molecule has 0 bridgehead atoms. The van der Waals surface area contributed by atoms with E-state index in [1.54, 1.807) is 0 Å². The molecule has 0 aliphatic rings. The molecule has 0 aromatic heterocycles. The van der Waals surface area contributed by atoms with Crippen LogP contribution in [0.25, 0.3) is 0 Å². The summed E-state index contributed by atoms with van der Waals surface area (Å²) in [6.07, 6.45) is 1.37. The van der Waals surface area contributed by atoms with Gasteiger partial charge in [-0.05, 0) is 19.4 Å². The van der Waals surface area contributed by atoms with E-state index in [1.165, 1.54) is 0 Å². The molecular weight excluding hydrogens is 125 g/mol. The molecule has 3 heteroatoms. The van der Waals surface area contributed by atoms with Gasteiger partial charge in [0, 0.05) is 0 Å². The zero-order valence-corrected chi connectivity index (χ0v) is 6.87. The molecule has 0 aliphatic carbocycles. The van der Waals surface area contributed by atoms with Crippen LogP contribution in [-0.4, -0.2) is 38.6 Å². The van der Waals surface area contributed by atoms with E-state index in [4.69, 9.17) is 7.85 Å². The van der Waals surface area contributed by atoms with Gasteiger partial charge in [-0.15, -0.1) is 0 Å². The first-order valence-electron chi connectivity index (χ1n) is 3.49. The maximum atomic E-state index is 10.4. The third-order valence-electron chi connectivity index (χ3n) is 1.62. The van der Waals surface area contributed by atoms with Crippen molar-refractivity contribution in [3.8, 4) is 0 Å². The normalized spacial score (nSPS) is 14.1. The Kier molecular flexibility index (Phi) is 4.36. The van der Waals surface area contributed by atoms with E-state index in [9.17, 15) is 4.79 Å². The summed E-state index contributed by atoms with van der Waals surface area (Å²) in [5, 5.41) is 0. The number of likely N-dealkylation sites (N-methyl/N-ethyl adjacent to an activating group) is 1. The topological polar surface area (TPSA) is 20.3 Å². The maximum absolute atomic E-state index is 10.4. The number of carbonyl (C=O) groups excluding carboxylic acids is 1. The fourth-order valence-electron chi connectivity index (χ4n) is 0.892. The maximum Gasteiger partial charge on any atom is 0.137 e. The fourth-order valence-corrected chi connectivity index (χ4v) is 0.892. The van der Waals surface area contributed by atoms with E-state index in [-0.39, 0.29) is 6.04 Å². The minimum Gasteiger partial charge on any atom is -0.306 e. The van der Waals surface area contributed by atoms with Gasteiger partial charge in [0.25, 0.3) is 0 Å². The molecule has 0 rings (SSSR count). The molecule has 1 atom stereocenters. The first-order chi connectivity index (χ1) is 4.63. The molecule has 10 heavy (non-hydrogen) atoms. The molecule has 0 aromatic carbocycles. The highest BCUT2D eigenvalue weighted by molar-refractivity contribution is 6.08. The van der Waals surface area contributed by atoms with Gasteiger partial charge in [0.2, 0.25) is 0 Å². The van der Waals surface area contributed by atoms with Crippen molar-refractivity contribution >= 4 is 14.1 Å². The Balaban J connectivity index is 3.92. The highest BCUT2D eigenvalue weighted by Crippen LogP contribution is 2.04. The van der Waals surface area contributed by atoms with Gasteiger partial charge in [0.1, 0.15) is 6.29 Å². The van der Waals surface area contributed by atoms with Crippen molar-refractivity contribution in [2.75, 3.05) is 13.5 Å². The highest BCUT2D eigenvalue weighted by Gasteiger charge is 2.14. The van der Waals surface area contributed by atoms with Crippen LogP contribution in [-0.2, 0) is 4.79 Å². The lowest BCUT2D eigenvalue weighted by Gasteiger charge is -2.24. The van der Waals surface area contributed by atoms with Crippen molar-refractivity contribution in [1.82, 2.24) is 4.90 Å². The van der Waals surface area contributed by atoms with Gasteiger partial charge in [-0.3, -0.25) is 0 Å². The predicted molar refractivity (Wildman–Crippen MR) is 43.1 cm³/mol. The summed E-state index contributed by atoms with van der Waals surface area (Å²) in [7, 11) is 7.20. The molecule has 0 aromatic rings. The average Bonchev–Trinajstić information content (AvgIpc) is 1.88. The van der Waals surface area contributed by atoms with Crippen LogP contribution < -0.4 is 0 Å². The minimum absolute atomic E-state index is 0.0370. The minimum atomic E-state index is -0.0370. The molecule has 0 aliphatic heterocycles. The SMILES string of the molecule is [B]CN(C)C(C=O)C(C)C. The molecule has 0 fully saturated rings. The van der Waals surface area contributed by atoms with E-state index in [1.807, 2.05) is 25.8 Å². The molecular formula is C7H14BNO. The summed E-state index contributed by atoms with van der Waals surface area (Å²) in [4.78, 5) is 12.3. The lowest BCUT2D eigenvalue weighted by Crippen LogP contribution is -2.37. The van der Waals surface area contributed by atoms with E-state index in [2.05, 4.69) is 0 Å². The molecule has 2 nitrogen and oxygen atoms in total. The molecule has 0 saturated heterocycles. The van der Waals surface area contributed by atoms with Gasteiger partial charge in [-0.1, -0.05) is 13.8 Å². The molecule has 1 unspecified atom stereocenters. The van der Waals surface area contributed by atoms with Crippen molar-refractivity contribution in [2.24, 2.45) is 5.92 Å². The van der Waals surface area contributed by atoms with Crippen LogP contribution in [0.4, 0.5) is 0 Å². The molecule has 2 radical (unpaired) electrons. The second-order valence-corrected chi connectivity index (χ2v) is 2.81. The zero-order valence-electron chi connectivity index (χ0n) is 6.87. The van der Waals surface area contributed by atoms with Crippen LogP contribution in [0.2, 0.25) is 0 Å². The zero-order chi connectivity index (χ0) is 8.15. The lowest BCUT2D eigenvalue weighted by atomic mass is 10.0. The van der Waals surface area contributed by atoms with E-state index in [0.29, 0.717) is 12.4 Å². The molecule has 56 valence electrons. The Hall–Kier alpha value is -0.305. The summed E-state index contributed by atoms with van der Waals surface area (Å²) in [6, 6.07) is -0.0370. The van der Waals surface area contributed by atoms with E-state index in [0.717, 1.165) is 6.29 Å². The third kappa shape index (κ3) is 2.52. The molecule has 0 spiro atoms. The summed E-state index contributed by atoms with van der Waals surface area (Å²) >= 11 is 0. The third-order valence-corrected chi connectivity index (χ3v) is 1.62. The highest BCUT2D eigenvalue weighted by atomic mass is 16.1. The average molecular weight is 139 g/mol. The van der Waals surface area contributed by atoms with Crippen molar-refractivity contribution in [2.45, 2.75) is 19.9 Å². The number of hydrogen-bond acceptors (Lipinski definition) is 2. The Labute approximate surface area is 64.0 Å². The Morgan fingerprint density at radius 3 is 2.20 bits per heavy atom. The smallest absolute Gasteiger partial charge is 0.137 e. The quantitative estimate of drug-likeness (QED) is 0.411. The van der Waals surface area contributed by atoms with Crippen molar-refractivity contribution in [3.05, 3.63) is 0 Å². The number of aldehydes is 1. The molecule has 0 N–H and O–H groups in total. The summed E-state index contributed by atoms with van der Waals surface area (Å²) in [6.45, 7) is 4.01. The number of nitrogens with zero attached hydrogens (tertiary/aromatic N) is 1. The Bertz CT molecular complexity index is 106.